The van der Waals surface area contributed by atoms with Gasteiger partial charge in [-0.1, -0.05) is 17.3 Å². The van der Waals surface area contributed by atoms with E-state index in [1.807, 2.05) is 0 Å². The van der Waals surface area contributed by atoms with Crippen LogP contribution in [0.5, 0.6) is 0 Å². The highest BCUT2D eigenvalue weighted by Gasteiger charge is 2.46. The topological polar surface area (TPSA) is 87.8 Å². The van der Waals surface area contributed by atoms with E-state index in [1.54, 1.807) is 18.2 Å². The molecular formula is C13H15N3O3. The van der Waals surface area contributed by atoms with Crippen LogP contribution >= 0.6 is 0 Å². The SMILES string of the molecule is O=[N+]([O-])c1ccccc1NC1C(=NO)C2CCC1C2. The summed E-state index contributed by atoms with van der Waals surface area (Å²) in [5.41, 5.74) is 1.29. The maximum atomic E-state index is 11.0. The molecule has 6 nitrogen and oxygen atoms in total. The lowest BCUT2D eigenvalue weighted by Crippen LogP contribution is -2.35. The van der Waals surface area contributed by atoms with Crippen molar-refractivity contribution in [3.63, 3.8) is 0 Å². The molecule has 6 heteroatoms. The first-order valence-electron chi connectivity index (χ1n) is 6.42. The van der Waals surface area contributed by atoms with Crippen molar-refractivity contribution in [1.82, 2.24) is 0 Å². The zero-order valence-corrected chi connectivity index (χ0v) is 10.3. The van der Waals surface area contributed by atoms with Gasteiger partial charge in [0, 0.05) is 12.0 Å². The van der Waals surface area contributed by atoms with Crippen LogP contribution in [0.15, 0.2) is 29.4 Å². The van der Waals surface area contributed by atoms with Crippen LogP contribution in [-0.4, -0.2) is 21.9 Å². The molecule has 2 saturated carbocycles. The summed E-state index contributed by atoms with van der Waals surface area (Å²) in [6.45, 7) is 0. The molecule has 3 rings (SSSR count). The monoisotopic (exact) mass is 261 g/mol. The summed E-state index contributed by atoms with van der Waals surface area (Å²) in [5, 5.41) is 26.7. The quantitative estimate of drug-likeness (QED) is 0.497. The van der Waals surface area contributed by atoms with E-state index in [0.29, 0.717) is 17.5 Å². The Morgan fingerprint density at radius 2 is 2.16 bits per heavy atom. The zero-order chi connectivity index (χ0) is 13.4. The number of oxime groups is 1. The van der Waals surface area contributed by atoms with Gasteiger partial charge >= 0.3 is 0 Å². The van der Waals surface area contributed by atoms with E-state index in [-0.39, 0.29) is 11.7 Å². The van der Waals surface area contributed by atoms with E-state index in [0.717, 1.165) is 25.0 Å². The van der Waals surface area contributed by atoms with Crippen LogP contribution in [0.2, 0.25) is 0 Å². The van der Waals surface area contributed by atoms with Crippen molar-refractivity contribution in [1.29, 1.82) is 0 Å². The van der Waals surface area contributed by atoms with Crippen molar-refractivity contribution in [2.45, 2.75) is 25.3 Å². The first-order valence-corrected chi connectivity index (χ1v) is 6.42. The third-order valence-corrected chi connectivity index (χ3v) is 4.21. The average molecular weight is 261 g/mol. The van der Waals surface area contributed by atoms with Gasteiger partial charge in [0.15, 0.2) is 0 Å². The molecule has 2 N–H and O–H groups in total. The lowest BCUT2D eigenvalue weighted by atomic mass is 9.93. The summed E-state index contributed by atoms with van der Waals surface area (Å²) in [5.74, 6) is 0.742. The summed E-state index contributed by atoms with van der Waals surface area (Å²) < 4.78 is 0. The first kappa shape index (κ1) is 12.0. The molecule has 1 aromatic rings. The zero-order valence-electron chi connectivity index (χ0n) is 10.3. The first-order chi connectivity index (χ1) is 9.20. The lowest BCUT2D eigenvalue weighted by molar-refractivity contribution is -0.384. The summed E-state index contributed by atoms with van der Waals surface area (Å²) >= 11 is 0. The van der Waals surface area contributed by atoms with Crippen LogP contribution in [0, 0.1) is 22.0 Å². The third-order valence-electron chi connectivity index (χ3n) is 4.21. The minimum Gasteiger partial charge on any atom is -0.411 e. The molecule has 0 amide bonds. The van der Waals surface area contributed by atoms with Crippen LogP contribution in [0.4, 0.5) is 11.4 Å². The van der Waals surface area contributed by atoms with Crippen molar-refractivity contribution >= 4 is 17.1 Å². The van der Waals surface area contributed by atoms with Gasteiger partial charge < -0.3 is 10.5 Å². The van der Waals surface area contributed by atoms with E-state index in [1.165, 1.54) is 6.07 Å². The Hall–Kier alpha value is -2.11. The highest BCUT2D eigenvalue weighted by Crippen LogP contribution is 2.44. The molecule has 0 saturated heterocycles. The maximum Gasteiger partial charge on any atom is 0.292 e. The Balaban J connectivity index is 1.88. The van der Waals surface area contributed by atoms with Crippen molar-refractivity contribution in [2.24, 2.45) is 17.0 Å². The van der Waals surface area contributed by atoms with Crippen LogP contribution in [0.3, 0.4) is 0 Å². The number of anilines is 1. The van der Waals surface area contributed by atoms with Gasteiger partial charge in [-0.25, -0.2) is 0 Å². The van der Waals surface area contributed by atoms with Crippen LogP contribution < -0.4 is 5.32 Å². The number of fused-ring (bicyclic) bond motifs is 2. The number of hydrogen-bond donors (Lipinski definition) is 2. The predicted octanol–water partition coefficient (Wildman–Crippen LogP) is 2.64. The van der Waals surface area contributed by atoms with Crippen molar-refractivity contribution < 1.29 is 10.1 Å². The molecule has 3 unspecified atom stereocenters. The highest BCUT2D eigenvalue weighted by atomic mass is 16.6. The fraction of sp³-hybridized carbons (Fsp3) is 0.462. The van der Waals surface area contributed by atoms with E-state index < -0.39 is 4.92 Å². The van der Waals surface area contributed by atoms with Gasteiger partial charge in [-0.15, -0.1) is 0 Å². The fourth-order valence-corrected chi connectivity index (χ4v) is 3.34. The molecule has 0 heterocycles. The maximum absolute atomic E-state index is 11.0. The molecule has 19 heavy (non-hydrogen) atoms. The molecule has 0 radical (unpaired) electrons. The van der Waals surface area contributed by atoms with E-state index in [9.17, 15) is 10.1 Å². The average Bonchev–Trinajstić information content (AvgIpc) is 3.00. The van der Waals surface area contributed by atoms with Gasteiger partial charge in [0.2, 0.25) is 0 Å². The molecule has 100 valence electrons. The molecule has 2 aliphatic carbocycles. The number of nitro benzene ring substituents is 1. The molecule has 0 spiro atoms. The third kappa shape index (κ3) is 1.93. The largest absolute Gasteiger partial charge is 0.411 e. The number of rotatable bonds is 3. The molecular weight excluding hydrogens is 246 g/mol. The predicted molar refractivity (Wildman–Crippen MR) is 70.6 cm³/mol. The Labute approximate surface area is 110 Å². The number of para-hydroxylation sites is 2. The summed E-state index contributed by atoms with van der Waals surface area (Å²) in [6.07, 6.45) is 3.15. The highest BCUT2D eigenvalue weighted by molar-refractivity contribution is 5.96. The molecule has 0 aliphatic heterocycles. The molecule has 0 aromatic heterocycles. The van der Waals surface area contributed by atoms with E-state index in [4.69, 9.17) is 5.21 Å². The van der Waals surface area contributed by atoms with Gasteiger partial charge in [0.05, 0.1) is 16.7 Å². The van der Waals surface area contributed by atoms with Gasteiger partial charge in [0.25, 0.3) is 5.69 Å². The Bertz CT molecular complexity index is 544. The molecule has 2 bridgehead atoms. The normalized spacial score (nSPS) is 30.7. The Kier molecular flexibility index (Phi) is 2.85. The van der Waals surface area contributed by atoms with Gasteiger partial charge in [-0.3, -0.25) is 10.1 Å². The number of nitrogens with one attached hydrogen (secondary N) is 1. The molecule has 1 aromatic carbocycles. The number of hydrogen-bond acceptors (Lipinski definition) is 5. The minimum absolute atomic E-state index is 0.0579. The van der Waals surface area contributed by atoms with Gasteiger partial charge in [-0.05, 0) is 31.2 Å². The second-order valence-corrected chi connectivity index (χ2v) is 5.19. The molecule has 2 fully saturated rings. The van der Waals surface area contributed by atoms with Crippen molar-refractivity contribution in [3.8, 4) is 0 Å². The van der Waals surface area contributed by atoms with Crippen LogP contribution in [0.25, 0.3) is 0 Å². The molecule has 3 atom stereocenters. The summed E-state index contributed by atoms with van der Waals surface area (Å²) in [7, 11) is 0. The van der Waals surface area contributed by atoms with E-state index in [2.05, 4.69) is 10.5 Å². The Morgan fingerprint density at radius 1 is 1.37 bits per heavy atom. The summed E-state index contributed by atoms with van der Waals surface area (Å²) in [4.78, 5) is 10.6. The number of nitrogens with zero attached hydrogens (tertiary/aromatic N) is 2. The second-order valence-electron chi connectivity index (χ2n) is 5.19. The van der Waals surface area contributed by atoms with Crippen LogP contribution in [0.1, 0.15) is 19.3 Å². The van der Waals surface area contributed by atoms with Gasteiger partial charge in [0.1, 0.15) is 5.69 Å². The smallest absolute Gasteiger partial charge is 0.292 e. The summed E-state index contributed by atoms with van der Waals surface area (Å²) in [6, 6.07) is 6.50. The fourth-order valence-electron chi connectivity index (χ4n) is 3.34. The van der Waals surface area contributed by atoms with Crippen LogP contribution in [-0.2, 0) is 0 Å². The molecule has 2 aliphatic rings. The van der Waals surface area contributed by atoms with Crippen molar-refractivity contribution in [2.75, 3.05) is 5.32 Å². The Morgan fingerprint density at radius 3 is 2.89 bits per heavy atom. The van der Waals surface area contributed by atoms with Gasteiger partial charge in [-0.2, -0.15) is 0 Å². The standard InChI is InChI=1S/C13H15N3O3/c17-15-13-9-6-5-8(7-9)12(13)14-10-3-1-2-4-11(10)16(18)19/h1-4,8-9,12,14,17H,5-7H2. The van der Waals surface area contributed by atoms with E-state index >= 15 is 0 Å². The second kappa shape index (κ2) is 4.53. The minimum atomic E-state index is -0.398. The number of benzene rings is 1. The number of nitro groups is 1. The lowest BCUT2D eigenvalue weighted by Gasteiger charge is -2.24. The van der Waals surface area contributed by atoms with Crippen molar-refractivity contribution in [3.05, 3.63) is 34.4 Å².